The molecule has 82 valence electrons. The van der Waals surface area contributed by atoms with Gasteiger partial charge in [-0.1, -0.05) is 6.92 Å². The molecule has 0 bridgehead atoms. The minimum absolute atomic E-state index is 0.120. The van der Waals surface area contributed by atoms with Crippen molar-refractivity contribution >= 4 is 5.97 Å². The Morgan fingerprint density at radius 3 is 2.60 bits per heavy atom. The van der Waals surface area contributed by atoms with E-state index in [9.17, 15) is 13.6 Å². The molecule has 2 unspecified atom stereocenters. The molecule has 0 radical (unpaired) electrons. The molecule has 5 heteroatoms. The number of carbonyl (C=O) groups is 1. The number of rotatable bonds is 3. The molecule has 1 aromatic rings. The number of carboxylic acids is 1. The quantitative estimate of drug-likeness (QED) is 0.806. The van der Waals surface area contributed by atoms with Crippen LogP contribution in [-0.4, -0.2) is 11.1 Å². The van der Waals surface area contributed by atoms with E-state index >= 15 is 0 Å². The standard InChI is InChI=1S/C10H11F2NO2/c1-5(10(14)15)9(13)7-4-6(11)2-3-8(7)12/h2-5,9H,13H2,1H3,(H,14,15). The summed E-state index contributed by atoms with van der Waals surface area (Å²) in [6, 6.07) is 1.74. The van der Waals surface area contributed by atoms with Crippen LogP contribution in [-0.2, 0) is 4.79 Å². The Morgan fingerprint density at radius 2 is 2.07 bits per heavy atom. The lowest BCUT2D eigenvalue weighted by Gasteiger charge is -2.16. The maximum absolute atomic E-state index is 13.2. The van der Waals surface area contributed by atoms with E-state index in [0.29, 0.717) is 0 Å². The second kappa shape index (κ2) is 4.35. The van der Waals surface area contributed by atoms with Crippen LogP contribution >= 0.6 is 0 Å². The van der Waals surface area contributed by atoms with Crippen LogP contribution in [0.15, 0.2) is 18.2 Å². The molecule has 0 heterocycles. The largest absolute Gasteiger partial charge is 0.481 e. The third-order valence-electron chi connectivity index (χ3n) is 2.25. The fourth-order valence-electron chi connectivity index (χ4n) is 1.19. The number of aliphatic carboxylic acids is 1. The van der Waals surface area contributed by atoms with Crippen LogP contribution in [0.25, 0.3) is 0 Å². The van der Waals surface area contributed by atoms with Gasteiger partial charge in [0.05, 0.1) is 5.92 Å². The van der Waals surface area contributed by atoms with E-state index in [1.54, 1.807) is 0 Å². The second-order valence-electron chi connectivity index (χ2n) is 3.32. The number of carboxylic acid groups (broad SMARTS) is 1. The van der Waals surface area contributed by atoms with Gasteiger partial charge in [0.2, 0.25) is 0 Å². The Bertz CT molecular complexity index is 382. The van der Waals surface area contributed by atoms with Gasteiger partial charge in [-0.2, -0.15) is 0 Å². The molecule has 3 nitrogen and oxygen atoms in total. The summed E-state index contributed by atoms with van der Waals surface area (Å²) in [5.41, 5.74) is 5.40. The van der Waals surface area contributed by atoms with Crippen LogP contribution in [0, 0.1) is 17.6 Å². The maximum atomic E-state index is 13.2. The molecule has 0 amide bonds. The SMILES string of the molecule is CC(C(=O)O)C(N)c1cc(F)ccc1F. The summed E-state index contributed by atoms with van der Waals surface area (Å²) in [6.07, 6.45) is 0. The highest BCUT2D eigenvalue weighted by atomic mass is 19.1. The van der Waals surface area contributed by atoms with Gasteiger partial charge in [0, 0.05) is 11.6 Å². The average Bonchev–Trinajstić information content (AvgIpc) is 2.19. The van der Waals surface area contributed by atoms with Crippen molar-refractivity contribution in [3.63, 3.8) is 0 Å². The van der Waals surface area contributed by atoms with Crippen molar-refractivity contribution in [3.05, 3.63) is 35.4 Å². The van der Waals surface area contributed by atoms with Gasteiger partial charge >= 0.3 is 5.97 Å². The molecule has 0 saturated heterocycles. The van der Waals surface area contributed by atoms with Gasteiger partial charge in [0.15, 0.2) is 0 Å². The molecule has 0 aliphatic rings. The van der Waals surface area contributed by atoms with Crippen LogP contribution in [0.1, 0.15) is 18.5 Å². The van der Waals surface area contributed by atoms with E-state index in [2.05, 4.69) is 0 Å². The Balaban J connectivity index is 3.04. The van der Waals surface area contributed by atoms with Crippen LogP contribution in [0.5, 0.6) is 0 Å². The van der Waals surface area contributed by atoms with Crippen molar-refractivity contribution in [2.75, 3.05) is 0 Å². The summed E-state index contributed by atoms with van der Waals surface area (Å²) >= 11 is 0. The molecule has 2 atom stereocenters. The first-order chi connectivity index (χ1) is 6.93. The average molecular weight is 215 g/mol. The minimum Gasteiger partial charge on any atom is -0.481 e. The lowest BCUT2D eigenvalue weighted by molar-refractivity contribution is -0.141. The number of hydrogen-bond acceptors (Lipinski definition) is 2. The normalized spacial score (nSPS) is 14.7. The number of hydrogen-bond donors (Lipinski definition) is 2. The lowest BCUT2D eigenvalue weighted by atomic mass is 9.95. The smallest absolute Gasteiger partial charge is 0.308 e. The zero-order valence-corrected chi connectivity index (χ0v) is 8.08. The van der Waals surface area contributed by atoms with Crippen molar-refractivity contribution in [1.29, 1.82) is 0 Å². The molecule has 1 aromatic carbocycles. The topological polar surface area (TPSA) is 63.3 Å². The van der Waals surface area contributed by atoms with Crippen molar-refractivity contribution in [3.8, 4) is 0 Å². The van der Waals surface area contributed by atoms with Gasteiger partial charge in [-0.25, -0.2) is 8.78 Å². The third-order valence-corrected chi connectivity index (χ3v) is 2.25. The Kier molecular flexibility index (Phi) is 3.36. The highest BCUT2D eigenvalue weighted by Gasteiger charge is 2.24. The summed E-state index contributed by atoms with van der Waals surface area (Å²) in [5.74, 6) is -3.45. The molecular weight excluding hydrogens is 204 g/mol. The van der Waals surface area contributed by atoms with Crippen molar-refractivity contribution in [2.24, 2.45) is 11.7 Å². The molecular formula is C10H11F2NO2. The second-order valence-corrected chi connectivity index (χ2v) is 3.32. The van der Waals surface area contributed by atoms with Crippen LogP contribution < -0.4 is 5.73 Å². The van der Waals surface area contributed by atoms with Crippen molar-refractivity contribution in [2.45, 2.75) is 13.0 Å². The Hall–Kier alpha value is -1.49. The monoisotopic (exact) mass is 215 g/mol. The zero-order valence-electron chi connectivity index (χ0n) is 8.08. The summed E-state index contributed by atoms with van der Waals surface area (Å²) in [7, 11) is 0. The van der Waals surface area contributed by atoms with E-state index in [-0.39, 0.29) is 5.56 Å². The molecule has 15 heavy (non-hydrogen) atoms. The van der Waals surface area contributed by atoms with Gasteiger partial charge in [0.1, 0.15) is 11.6 Å². The third kappa shape index (κ3) is 2.50. The van der Waals surface area contributed by atoms with Crippen LogP contribution in [0.4, 0.5) is 8.78 Å². The summed E-state index contributed by atoms with van der Waals surface area (Å²) in [4.78, 5) is 10.6. The first-order valence-electron chi connectivity index (χ1n) is 4.37. The van der Waals surface area contributed by atoms with Gasteiger partial charge in [-0.15, -0.1) is 0 Å². The fraction of sp³-hybridized carbons (Fsp3) is 0.300. The van der Waals surface area contributed by atoms with E-state index in [0.717, 1.165) is 18.2 Å². The number of nitrogens with two attached hydrogens (primary N) is 1. The molecule has 0 saturated carbocycles. The van der Waals surface area contributed by atoms with E-state index in [1.165, 1.54) is 6.92 Å². The predicted octanol–water partition coefficient (Wildman–Crippen LogP) is 1.69. The Morgan fingerprint density at radius 1 is 1.47 bits per heavy atom. The molecule has 0 fully saturated rings. The molecule has 0 spiro atoms. The van der Waals surface area contributed by atoms with Gasteiger partial charge in [0.25, 0.3) is 0 Å². The minimum atomic E-state index is -1.15. The number of halogens is 2. The molecule has 0 aliphatic carbocycles. The van der Waals surface area contributed by atoms with Gasteiger partial charge in [-0.05, 0) is 18.2 Å². The highest BCUT2D eigenvalue weighted by Crippen LogP contribution is 2.23. The Labute approximate surface area is 85.5 Å². The maximum Gasteiger partial charge on any atom is 0.308 e. The van der Waals surface area contributed by atoms with Crippen molar-refractivity contribution < 1.29 is 18.7 Å². The summed E-state index contributed by atoms with van der Waals surface area (Å²) in [6.45, 7) is 1.34. The van der Waals surface area contributed by atoms with E-state index < -0.39 is 29.6 Å². The first kappa shape index (κ1) is 11.6. The lowest BCUT2D eigenvalue weighted by Crippen LogP contribution is -2.26. The summed E-state index contributed by atoms with van der Waals surface area (Å²) < 4.78 is 26.0. The van der Waals surface area contributed by atoms with Crippen molar-refractivity contribution in [1.82, 2.24) is 0 Å². The summed E-state index contributed by atoms with van der Waals surface area (Å²) in [5, 5.41) is 8.68. The first-order valence-corrected chi connectivity index (χ1v) is 4.37. The van der Waals surface area contributed by atoms with Crippen LogP contribution in [0.2, 0.25) is 0 Å². The van der Waals surface area contributed by atoms with Gasteiger partial charge in [-0.3, -0.25) is 4.79 Å². The van der Waals surface area contributed by atoms with Gasteiger partial charge < -0.3 is 10.8 Å². The van der Waals surface area contributed by atoms with Crippen LogP contribution in [0.3, 0.4) is 0 Å². The number of benzene rings is 1. The van der Waals surface area contributed by atoms with E-state index in [1.807, 2.05) is 0 Å². The fourth-order valence-corrected chi connectivity index (χ4v) is 1.19. The zero-order chi connectivity index (χ0) is 11.6. The highest BCUT2D eigenvalue weighted by molar-refractivity contribution is 5.70. The molecule has 0 aliphatic heterocycles. The van der Waals surface area contributed by atoms with E-state index in [4.69, 9.17) is 10.8 Å². The molecule has 3 N–H and O–H groups in total. The molecule has 0 aromatic heterocycles. The molecule has 1 rings (SSSR count). The predicted molar refractivity (Wildman–Crippen MR) is 50.1 cm³/mol.